The fourth-order valence-corrected chi connectivity index (χ4v) is 2.11. The topological polar surface area (TPSA) is 80.7 Å². The molecule has 0 aliphatic heterocycles. The summed E-state index contributed by atoms with van der Waals surface area (Å²) in [6.07, 6.45) is 7.21. The summed E-state index contributed by atoms with van der Waals surface area (Å²) in [7, 11) is 0. The SMILES string of the molecule is CC(=O)Nc1cnc(-c2ccncc2F)c(-c2ccncc2)n1. The molecule has 0 atom stereocenters. The number of rotatable bonds is 3. The van der Waals surface area contributed by atoms with E-state index in [0.29, 0.717) is 22.8 Å². The standard InChI is InChI=1S/C16H12FN5O/c1-10(23)21-14-9-20-16(12-4-7-19-8-13(12)17)15(22-14)11-2-5-18-6-3-11/h2-9H,1H3,(H,21,22,23). The van der Waals surface area contributed by atoms with E-state index in [4.69, 9.17) is 0 Å². The number of nitrogens with one attached hydrogen (secondary N) is 1. The van der Waals surface area contributed by atoms with Crippen molar-refractivity contribution in [1.82, 2.24) is 19.9 Å². The maximum atomic E-state index is 14.1. The number of carbonyl (C=O) groups is 1. The number of hydrogen-bond acceptors (Lipinski definition) is 5. The van der Waals surface area contributed by atoms with Gasteiger partial charge in [-0.15, -0.1) is 0 Å². The third-order valence-corrected chi connectivity index (χ3v) is 3.06. The van der Waals surface area contributed by atoms with Crippen molar-refractivity contribution in [3.63, 3.8) is 0 Å². The normalized spacial score (nSPS) is 10.3. The molecule has 0 saturated carbocycles. The molecule has 0 aliphatic rings. The van der Waals surface area contributed by atoms with Gasteiger partial charge in [-0.05, 0) is 18.2 Å². The molecule has 6 nitrogen and oxygen atoms in total. The number of anilines is 1. The van der Waals surface area contributed by atoms with E-state index in [2.05, 4.69) is 25.3 Å². The Kier molecular flexibility index (Phi) is 4.01. The molecule has 0 fully saturated rings. The Labute approximate surface area is 131 Å². The van der Waals surface area contributed by atoms with Crippen molar-refractivity contribution in [2.24, 2.45) is 0 Å². The van der Waals surface area contributed by atoms with Crippen molar-refractivity contribution in [1.29, 1.82) is 0 Å². The van der Waals surface area contributed by atoms with Gasteiger partial charge >= 0.3 is 0 Å². The molecule has 23 heavy (non-hydrogen) atoms. The lowest BCUT2D eigenvalue weighted by molar-refractivity contribution is -0.114. The Morgan fingerprint density at radius 1 is 1.04 bits per heavy atom. The van der Waals surface area contributed by atoms with Gasteiger partial charge in [0.2, 0.25) is 5.91 Å². The average Bonchev–Trinajstić information content (AvgIpc) is 2.56. The molecule has 1 N–H and O–H groups in total. The van der Waals surface area contributed by atoms with Gasteiger partial charge in [0.15, 0.2) is 11.6 Å². The summed E-state index contributed by atoms with van der Waals surface area (Å²) >= 11 is 0. The minimum Gasteiger partial charge on any atom is -0.310 e. The van der Waals surface area contributed by atoms with Gasteiger partial charge in [0.1, 0.15) is 0 Å². The molecular formula is C16H12FN5O. The van der Waals surface area contributed by atoms with Crippen molar-refractivity contribution in [2.45, 2.75) is 6.92 Å². The van der Waals surface area contributed by atoms with E-state index in [1.54, 1.807) is 24.5 Å². The predicted molar refractivity (Wildman–Crippen MR) is 82.8 cm³/mol. The second-order valence-corrected chi connectivity index (χ2v) is 4.73. The van der Waals surface area contributed by atoms with Crippen molar-refractivity contribution in [2.75, 3.05) is 5.32 Å². The Morgan fingerprint density at radius 2 is 1.78 bits per heavy atom. The van der Waals surface area contributed by atoms with E-state index in [1.165, 1.54) is 25.4 Å². The van der Waals surface area contributed by atoms with E-state index >= 15 is 0 Å². The van der Waals surface area contributed by atoms with E-state index in [0.717, 1.165) is 6.20 Å². The fraction of sp³-hybridized carbons (Fsp3) is 0.0625. The van der Waals surface area contributed by atoms with Gasteiger partial charge in [0.25, 0.3) is 0 Å². The van der Waals surface area contributed by atoms with Crippen LogP contribution in [0.2, 0.25) is 0 Å². The Morgan fingerprint density at radius 3 is 2.48 bits per heavy atom. The van der Waals surface area contributed by atoms with Crippen LogP contribution in [-0.4, -0.2) is 25.8 Å². The van der Waals surface area contributed by atoms with Crippen LogP contribution in [0, 0.1) is 5.82 Å². The monoisotopic (exact) mass is 309 g/mol. The molecule has 3 heterocycles. The average molecular weight is 309 g/mol. The first kappa shape index (κ1) is 14.7. The highest BCUT2D eigenvalue weighted by Gasteiger charge is 2.15. The third kappa shape index (κ3) is 3.18. The van der Waals surface area contributed by atoms with Crippen LogP contribution in [0.25, 0.3) is 22.5 Å². The number of pyridine rings is 2. The summed E-state index contributed by atoms with van der Waals surface area (Å²) in [6, 6.07) is 5.01. The zero-order valence-electron chi connectivity index (χ0n) is 12.2. The minimum atomic E-state index is -0.496. The number of hydrogen-bond donors (Lipinski definition) is 1. The molecule has 0 radical (unpaired) electrons. The molecule has 0 saturated heterocycles. The summed E-state index contributed by atoms with van der Waals surface area (Å²) < 4.78 is 14.1. The number of amides is 1. The minimum absolute atomic E-state index is 0.261. The molecule has 7 heteroatoms. The van der Waals surface area contributed by atoms with E-state index < -0.39 is 5.82 Å². The second-order valence-electron chi connectivity index (χ2n) is 4.73. The summed E-state index contributed by atoms with van der Waals surface area (Å²) in [5.41, 5.74) is 1.81. The first-order valence-corrected chi connectivity index (χ1v) is 6.80. The lowest BCUT2D eigenvalue weighted by atomic mass is 10.1. The zero-order valence-corrected chi connectivity index (χ0v) is 12.2. The first-order chi connectivity index (χ1) is 11.1. The van der Waals surface area contributed by atoms with Crippen molar-refractivity contribution < 1.29 is 9.18 Å². The fourth-order valence-electron chi connectivity index (χ4n) is 2.11. The van der Waals surface area contributed by atoms with Crippen LogP contribution in [0.15, 0.2) is 49.2 Å². The molecule has 0 aliphatic carbocycles. The molecule has 0 unspecified atom stereocenters. The van der Waals surface area contributed by atoms with Crippen LogP contribution in [0.3, 0.4) is 0 Å². The molecule has 0 aromatic carbocycles. The molecular weight excluding hydrogens is 297 g/mol. The first-order valence-electron chi connectivity index (χ1n) is 6.80. The van der Waals surface area contributed by atoms with E-state index in [1.807, 2.05) is 0 Å². The quantitative estimate of drug-likeness (QED) is 0.804. The summed E-state index contributed by atoms with van der Waals surface area (Å²) in [5, 5.41) is 2.57. The number of nitrogens with zero attached hydrogens (tertiary/aromatic N) is 4. The lowest BCUT2D eigenvalue weighted by Crippen LogP contribution is -2.09. The van der Waals surface area contributed by atoms with E-state index in [9.17, 15) is 9.18 Å². The molecule has 3 rings (SSSR count). The third-order valence-electron chi connectivity index (χ3n) is 3.06. The molecule has 0 bridgehead atoms. The van der Waals surface area contributed by atoms with Crippen molar-refractivity contribution in [3.05, 3.63) is 55.0 Å². The van der Waals surface area contributed by atoms with Crippen molar-refractivity contribution >= 4 is 11.7 Å². The van der Waals surface area contributed by atoms with Gasteiger partial charge in [-0.25, -0.2) is 14.4 Å². The highest BCUT2D eigenvalue weighted by molar-refractivity contribution is 5.88. The number of aromatic nitrogens is 4. The Hall–Kier alpha value is -3.22. The smallest absolute Gasteiger partial charge is 0.222 e. The molecule has 1 amide bonds. The van der Waals surface area contributed by atoms with Gasteiger partial charge in [-0.3, -0.25) is 14.8 Å². The number of carbonyl (C=O) groups excluding carboxylic acids is 1. The summed E-state index contributed by atoms with van der Waals surface area (Å²) in [6.45, 7) is 1.38. The highest BCUT2D eigenvalue weighted by atomic mass is 19.1. The van der Waals surface area contributed by atoms with Gasteiger partial charge in [0, 0.05) is 36.6 Å². The summed E-state index contributed by atoms with van der Waals surface area (Å²) in [4.78, 5) is 27.6. The van der Waals surface area contributed by atoms with Gasteiger partial charge in [-0.2, -0.15) is 0 Å². The molecule has 3 aromatic rings. The van der Waals surface area contributed by atoms with E-state index in [-0.39, 0.29) is 11.5 Å². The molecule has 3 aromatic heterocycles. The lowest BCUT2D eigenvalue weighted by Gasteiger charge is -2.11. The van der Waals surface area contributed by atoms with Gasteiger partial charge < -0.3 is 5.32 Å². The predicted octanol–water partition coefficient (Wildman–Crippen LogP) is 2.70. The van der Waals surface area contributed by atoms with Crippen LogP contribution >= 0.6 is 0 Å². The van der Waals surface area contributed by atoms with Crippen LogP contribution in [0.4, 0.5) is 10.2 Å². The van der Waals surface area contributed by atoms with Crippen molar-refractivity contribution in [3.8, 4) is 22.5 Å². The maximum absolute atomic E-state index is 14.1. The molecule has 114 valence electrons. The van der Waals surface area contributed by atoms with Gasteiger partial charge in [0.05, 0.1) is 23.8 Å². The van der Waals surface area contributed by atoms with Crippen LogP contribution in [-0.2, 0) is 4.79 Å². The summed E-state index contributed by atoms with van der Waals surface area (Å²) in [5.74, 6) is -0.463. The highest BCUT2D eigenvalue weighted by Crippen LogP contribution is 2.30. The maximum Gasteiger partial charge on any atom is 0.222 e. The second kappa shape index (κ2) is 6.27. The zero-order chi connectivity index (χ0) is 16.2. The molecule has 0 spiro atoms. The Balaban J connectivity index is 2.19. The van der Waals surface area contributed by atoms with Gasteiger partial charge in [-0.1, -0.05) is 0 Å². The van der Waals surface area contributed by atoms with Crippen LogP contribution in [0.1, 0.15) is 6.92 Å². The Bertz CT molecular complexity index is 854. The van der Waals surface area contributed by atoms with Crippen LogP contribution < -0.4 is 5.32 Å². The van der Waals surface area contributed by atoms with Crippen LogP contribution in [0.5, 0.6) is 0 Å². The number of halogens is 1. The largest absolute Gasteiger partial charge is 0.310 e.